The van der Waals surface area contributed by atoms with Crippen molar-refractivity contribution < 1.29 is 9.47 Å². The van der Waals surface area contributed by atoms with Gasteiger partial charge in [0.05, 0.1) is 19.3 Å². The number of benzene rings is 1. The van der Waals surface area contributed by atoms with Crippen LogP contribution in [-0.4, -0.2) is 47.1 Å². The number of aromatic nitrogens is 3. The van der Waals surface area contributed by atoms with Gasteiger partial charge in [-0.1, -0.05) is 6.07 Å². The van der Waals surface area contributed by atoms with E-state index < -0.39 is 0 Å². The van der Waals surface area contributed by atoms with Gasteiger partial charge in [-0.2, -0.15) is 5.10 Å². The van der Waals surface area contributed by atoms with Gasteiger partial charge in [-0.25, -0.2) is 9.48 Å². The molecule has 0 saturated heterocycles. The predicted octanol–water partition coefficient (Wildman–Crippen LogP) is 3.11. The zero-order chi connectivity index (χ0) is 22.9. The lowest BCUT2D eigenvalue weighted by molar-refractivity contribution is 0.287. The smallest absolute Gasteiger partial charge is 0.345 e. The monoisotopic (exact) mass is 572 g/mol. The van der Waals surface area contributed by atoms with E-state index in [4.69, 9.17) is 9.47 Å². The molecule has 0 aliphatic carbocycles. The topological polar surface area (TPSA) is 94.7 Å². The van der Waals surface area contributed by atoms with Crippen LogP contribution in [0.2, 0.25) is 0 Å². The molecular formula is C23H37IN6O3. The summed E-state index contributed by atoms with van der Waals surface area (Å²) in [7, 11) is 1.75. The maximum absolute atomic E-state index is 12.4. The van der Waals surface area contributed by atoms with Gasteiger partial charge in [-0.3, -0.25) is 9.56 Å². The molecule has 33 heavy (non-hydrogen) atoms. The second kappa shape index (κ2) is 13.5. The second-order valence-corrected chi connectivity index (χ2v) is 7.82. The van der Waals surface area contributed by atoms with Crippen molar-refractivity contribution in [3.63, 3.8) is 0 Å². The minimum absolute atomic E-state index is 0. The van der Waals surface area contributed by atoms with Gasteiger partial charge in [0.2, 0.25) is 0 Å². The molecule has 10 heteroatoms. The normalized spacial score (nSPS) is 14.1. The van der Waals surface area contributed by atoms with Gasteiger partial charge in [-0.05, 0) is 57.7 Å². The highest BCUT2D eigenvalue weighted by Gasteiger charge is 2.16. The predicted molar refractivity (Wildman–Crippen MR) is 141 cm³/mol. The molecule has 2 N–H and O–H groups in total. The Balaban J connectivity index is 0.00000385. The second-order valence-electron chi connectivity index (χ2n) is 7.82. The number of ether oxygens (including phenoxy) is 2. The number of hydrogen-bond acceptors (Lipinski definition) is 5. The van der Waals surface area contributed by atoms with Crippen molar-refractivity contribution in [2.75, 3.05) is 26.8 Å². The summed E-state index contributed by atoms with van der Waals surface area (Å²) in [6, 6.07) is 6.01. The molecule has 1 aromatic carbocycles. The number of halogens is 1. The minimum Gasteiger partial charge on any atom is -0.490 e. The molecule has 184 valence electrons. The largest absolute Gasteiger partial charge is 0.490 e. The van der Waals surface area contributed by atoms with E-state index in [2.05, 4.69) is 27.6 Å². The zero-order valence-electron chi connectivity index (χ0n) is 20.1. The Morgan fingerprint density at radius 1 is 1.21 bits per heavy atom. The van der Waals surface area contributed by atoms with E-state index >= 15 is 0 Å². The van der Waals surface area contributed by atoms with Crippen molar-refractivity contribution in [1.82, 2.24) is 25.0 Å². The molecule has 1 aliphatic rings. The fraction of sp³-hybridized carbons (Fsp3) is 0.609. The molecule has 3 rings (SSSR count). The highest BCUT2D eigenvalue weighted by molar-refractivity contribution is 14.0. The van der Waals surface area contributed by atoms with Crippen LogP contribution in [0.3, 0.4) is 0 Å². The summed E-state index contributed by atoms with van der Waals surface area (Å²) in [4.78, 5) is 16.8. The van der Waals surface area contributed by atoms with E-state index in [1.54, 1.807) is 11.7 Å². The molecule has 2 heterocycles. The molecular weight excluding hydrogens is 535 g/mol. The third kappa shape index (κ3) is 7.12. The van der Waals surface area contributed by atoms with Crippen LogP contribution in [0.4, 0.5) is 0 Å². The van der Waals surface area contributed by atoms with Crippen LogP contribution in [-0.2, 0) is 19.5 Å². The quantitative estimate of drug-likeness (QED) is 0.197. The van der Waals surface area contributed by atoms with Crippen LogP contribution >= 0.6 is 24.0 Å². The van der Waals surface area contributed by atoms with E-state index in [9.17, 15) is 4.79 Å². The number of fused-ring (bicyclic) bond motifs is 1. The van der Waals surface area contributed by atoms with E-state index in [0.717, 1.165) is 55.1 Å². The molecule has 1 aliphatic heterocycles. The van der Waals surface area contributed by atoms with Crippen molar-refractivity contribution >= 4 is 29.9 Å². The maximum Gasteiger partial charge on any atom is 0.345 e. The van der Waals surface area contributed by atoms with Gasteiger partial charge in [-0.15, -0.1) is 24.0 Å². The van der Waals surface area contributed by atoms with Crippen molar-refractivity contribution in [3.8, 4) is 11.5 Å². The Hall–Kier alpha value is -2.24. The van der Waals surface area contributed by atoms with Gasteiger partial charge in [0.1, 0.15) is 5.82 Å². The third-order valence-corrected chi connectivity index (χ3v) is 5.51. The summed E-state index contributed by atoms with van der Waals surface area (Å²) < 4.78 is 14.8. The maximum atomic E-state index is 12.4. The number of rotatable bonds is 10. The Morgan fingerprint density at radius 3 is 2.67 bits per heavy atom. The molecule has 1 aromatic heterocycles. The number of guanidine groups is 1. The van der Waals surface area contributed by atoms with Crippen molar-refractivity contribution in [3.05, 3.63) is 40.1 Å². The van der Waals surface area contributed by atoms with E-state index in [1.165, 1.54) is 0 Å². The van der Waals surface area contributed by atoms with E-state index in [-0.39, 0.29) is 35.7 Å². The van der Waals surface area contributed by atoms with Crippen LogP contribution in [0.1, 0.15) is 57.5 Å². The summed E-state index contributed by atoms with van der Waals surface area (Å²) in [6.07, 6.45) is 3.84. The molecule has 1 atom stereocenters. The highest BCUT2D eigenvalue weighted by atomic mass is 127. The molecule has 0 fully saturated rings. The summed E-state index contributed by atoms with van der Waals surface area (Å²) in [5.74, 6) is 3.13. The standard InChI is InChI=1S/C23H36N6O3.HI/c1-5-31-19-12-11-18(16-20(19)32-6-2)17(3)26-22(24-4)25-13-9-15-29-23(30)28-14-8-7-10-21(28)27-29;/h11-12,16-17H,5-10,13-15H2,1-4H3,(H2,24,25,26);1H. The fourth-order valence-corrected chi connectivity index (χ4v) is 3.85. The van der Waals surface area contributed by atoms with E-state index in [0.29, 0.717) is 32.3 Å². The lowest BCUT2D eigenvalue weighted by Crippen LogP contribution is -2.39. The lowest BCUT2D eigenvalue weighted by atomic mass is 10.1. The van der Waals surface area contributed by atoms with Crippen LogP contribution in [0.15, 0.2) is 28.0 Å². The first-order chi connectivity index (χ1) is 15.6. The SMILES string of the molecule is CCOc1ccc(C(C)NC(=NC)NCCCn2nc3n(c2=O)CCCC3)cc1OCC.I. The minimum atomic E-state index is 0. The Kier molecular flexibility index (Phi) is 11.0. The lowest BCUT2D eigenvalue weighted by Gasteiger charge is -2.20. The molecule has 0 bridgehead atoms. The highest BCUT2D eigenvalue weighted by Crippen LogP contribution is 2.30. The molecule has 9 nitrogen and oxygen atoms in total. The average molecular weight is 572 g/mol. The number of hydrogen-bond donors (Lipinski definition) is 2. The first kappa shape index (κ1) is 27.0. The van der Waals surface area contributed by atoms with E-state index in [1.807, 2.05) is 36.6 Å². The van der Waals surface area contributed by atoms with Crippen molar-refractivity contribution in [2.24, 2.45) is 4.99 Å². The van der Waals surface area contributed by atoms with Crippen LogP contribution < -0.4 is 25.8 Å². The molecule has 0 spiro atoms. The number of nitrogens with zero attached hydrogens (tertiary/aromatic N) is 4. The van der Waals surface area contributed by atoms with Gasteiger partial charge in [0.25, 0.3) is 0 Å². The summed E-state index contributed by atoms with van der Waals surface area (Å²) >= 11 is 0. The third-order valence-electron chi connectivity index (χ3n) is 5.51. The average Bonchev–Trinajstić information content (AvgIpc) is 3.12. The van der Waals surface area contributed by atoms with Crippen molar-refractivity contribution in [2.45, 2.75) is 65.6 Å². The summed E-state index contributed by atoms with van der Waals surface area (Å²) in [6.45, 7) is 9.24. The van der Waals surface area contributed by atoms with Crippen LogP contribution in [0.25, 0.3) is 0 Å². The molecule has 0 saturated carbocycles. The number of nitrogens with one attached hydrogen (secondary N) is 2. The fourth-order valence-electron chi connectivity index (χ4n) is 3.85. The van der Waals surface area contributed by atoms with Crippen molar-refractivity contribution in [1.29, 1.82) is 0 Å². The zero-order valence-corrected chi connectivity index (χ0v) is 22.4. The molecule has 1 unspecified atom stereocenters. The van der Waals surface area contributed by atoms with Gasteiger partial charge >= 0.3 is 5.69 Å². The number of aryl methyl sites for hydroxylation is 2. The summed E-state index contributed by atoms with van der Waals surface area (Å²) in [5.41, 5.74) is 1.09. The molecule has 0 amide bonds. The van der Waals surface area contributed by atoms with Gasteiger partial charge in [0.15, 0.2) is 17.5 Å². The Morgan fingerprint density at radius 2 is 1.97 bits per heavy atom. The van der Waals surface area contributed by atoms with Crippen LogP contribution in [0.5, 0.6) is 11.5 Å². The van der Waals surface area contributed by atoms with Gasteiger partial charge < -0.3 is 20.1 Å². The first-order valence-electron chi connectivity index (χ1n) is 11.6. The van der Waals surface area contributed by atoms with Crippen LogP contribution in [0, 0.1) is 0 Å². The first-order valence-corrected chi connectivity index (χ1v) is 11.6. The molecule has 2 aromatic rings. The Labute approximate surface area is 213 Å². The summed E-state index contributed by atoms with van der Waals surface area (Å²) in [5, 5.41) is 11.2. The molecule has 0 radical (unpaired) electrons. The number of aliphatic imine (C=N–C) groups is 1. The Bertz CT molecular complexity index is 972. The van der Waals surface area contributed by atoms with Gasteiger partial charge in [0, 0.05) is 33.1 Å².